The minimum absolute atomic E-state index is 0.0272. The molecule has 1 aliphatic heterocycles. The number of nitrogens with zero attached hydrogens (tertiary/aromatic N) is 1. The number of aliphatic carboxylic acids is 1. The van der Waals surface area contributed by atoms with E-state index in [0.29, 0.717) is 18.1 Å². The molecule has 6 heteroatoms. The summed E-state index contributed by atoms with van der Waals surface area (Å²) >= 11 is 3.23. The molecule has 1 unspecified atom stereocenters. The first-order chi connectivity index (χ1) is 11.6. The summed E-state index contributed by atoms with van der Waals surface area (Å²) < 4.78 is 0. The summed E-state index contributed by atoms with van der Waals surface area (Å²) in [5, 5.41) is 11.4. The molecule has 126 valence electrons. The minimum atomic E-state index is -0.845. The summed E-state index contributed by atoms with van der Waals surface area (Å²) in [5.74, 6) is 1.11. The zero-order chi connectivity index (χ0) is 16.9. The van der Waals surface area contributed by atoms with Crippen LogP contribution in [0, 0.1) is 0 Å². The number of carbonyl (C=O) groups excluding carboxylic acids is 1. The van der Waals surface area contributed by atoms with E-state index in [-0.39, 0.29) is 18.4 Å². The van der Waals surface area contributed by atoms with Gasteiger partial charge in [-0.1, -0.05) is 30.3 Å². The highest BCUT2D eigenvalue weighted by atomic mass is 32.2. The van der Waals surface area contributed by atoms with Gasteiger partial charge in [0.15, 0.2) is 0 Å². The fraction of sp³-hybridized carbons (Fsp3) is 0.333. The lowest BCUT2D eigenvalue weighted by Gasteiger charge is -2.34. The first-order valence-corrected chi connectivity index (χ1v) is 9.98. The Bertz CT molecular complexity index is 750. The molecule has 0 spiro atoms. The Hall–Kier alpha value is -1.66. The molecule has 1 amide bonds. The van der Waals surface area contributed by atoms with Gasteiger partial charge in [0.2, 0.25) is 5.91 Å². The van der Waals surface area contributed by atoms with Gasteiger partial charge >= 0.3 is 5.97 Å². The monoisotopic (exact) mass is 361 g/mol. The van der Waals surface area contributed by atoms with Crippen molar-refractivity contribution in [2.45, 2.75) is 17.4 Å². The van der Waals surface area contributed by atoms with Crippen LogP contribution in [0.2, 0.25) is 0 Å². The van der Waals surface area contributed by atoms with E-state index in [2.05, 4.69) is 24.3 Å². The molecule has 3 rings (SSSR count). The summed E-state index contributed by atoms with van der Waals surface area (Å²) in [6.07, 6.45) is 0.0272. The summed E-state index contributed by atoms with van der Waals surface area (Å²) in [5.41, 5.74) is 0. The lowest BCUT2D eigenvalue weighted by molar-refractivity contribution is -0.139. The lowest BCUT2D eigenvalue weighted by Crippen LogP contribution is -2.47. The van der Waals surface area contributed by atoms with Crippen molar-refractivity contribution in [2.24, 2.45) is 0 Å². The SMILES string of the molecule is O=C(O)CC1CSCCN1C(=O)CSc1ccc2ccccc2c1. The average Bonchev–Trinajstić information content (AvgIpc) is 2.59. The molecule has 1 aliphatic rings. The van der Waals surface area contributed by atoms with Crippen LogP contribution >= 0.6 is 23.5 Å². The van der Waals surface area contributed by atoms with Crippen molar-refractivity contribution in [3.8, 4) is 0 Å². The lowest BCUT2D eigenvalue weighted by atomic mass is 10.1. The molecule has 0 saturated carbocycles. The number of carbonyl (C=O) groups is 2. The number of amides is 1. The number of hydrogen-bond donors (Lipinski definition) is 1. The molecule has 2 aromatic carbocycles. The Morgan fingerprint density at radius 2 is 2.00 bits per heavy atom. The van der Waals surface area contributed by atoms with Crippen LogP contribution in [0.4, 0.5) is 0 Å². The first-order valence-electron chi connectivity index (χ1n) is 7.84. The summed E-state index contributed by atoms with van der Waals surface area (Å²) in [4.78, 5) is 26.3. The Kier molecular flexibility index (Phi) is 5.68. The van der Waals surface area contributed by atoms with Gasteiger partial charge in [-0.3, -0.25) is 9.59 Å². The van der Waals surface area contributed by atoms with Gasteiger partial charge in [-0.25, -0.2) is 0 Å². The number of rotatable bonds is 5. The van der Waals surface area contributed by atoms with Crippen molar-refractivity contribution in [3.05, 3.63) is 42.5 Å². The van der Waals surface area contributed by atoms with Crippen LogP contribution in [0.5, 0.6) is 0 Å². The maximum atomic E-state index is 12.5. The zero-order valence-corrected chi connectivity index (χ0v) is 14.8. The van der Waals surface area contributed by atoms with E-state index in [9.17, 15) is 9.59 Å². The highest BCUT2D eigenvalue weighted by Crippen LogP contribution is 2.25. The molecular weight excluding hydrogens is 342 g/mol. The van der Waals surface area contributed by atoms with E-state index in [1.165, 1.54) is 17.1 Å². The van der Waals surface area contributed by atoms with Gasteiger partial charge in [0.25, 0.3) is 0 Å². The highest BCUT2D eigenvalue weighted by Gasteiger charge is 2.28. The predicted octanol–water partition coefficient (Wildman–Crippen LogP) is 3.35. The topological polar surface area (TPSA) is 57.6 Å². The summed E-state index contributed by atoms with van der Waals surface area (Å²) in [6, 6.07) is 14.1. The molecule has 0 aliphatic carbocycles. The molecule has 0 radical (unpaired) electrons. The molecule has 1 saturated heterocycles. The van der Waals surface area contributed by atoms with Gasteiger partial charge in [-0.05, 0) is 22.9 Å². The molecule has 4 nitrogen and oxygen atoms in total. The second kappa shape index (κ2) is 7.94. The third kappa shape index (κ3) is 4.24. The van der Waals surface area contributed by atoms with E-state index in [1.807, 2.05) is 18.2 Å². The number of carboxylic acid groups (broad SMARTS) is 1. The van der Waals surface area contributed by atoms with Crippen LogP contribution in [0.25, 0.3) is 10.8 Å². The Labute approximate surface area is 149 Å². The van der Waals surface area contributed by atoms with E-state index in [4.69, 9.17) is 5.11 Å². The van der Waals surface area contributed by atoms with Crippen LogP contribution in [0.3, 0.4) is 0 Å². The fourth-order valence-corrected chi connectivity index (χ4v) is 4.73. The van der Waals surface area contributed by atoms with Crippen molar-refractivity contribution in [3.63, 3.8) is 0 Å². The quantitative estimate of drug-likeness (QED) is 0.828. The molecule has 0 bridgehead atoms. The van der Waals surface area contributed by atoms with Crippen LogP contribution in [-0.4, -0.2) is 51.7 Å². The second-order valence-corrected chi connectivity index (χ2v) is 7.91. The number of carboxylic acids is 1. The van der Waals surface area contributed by atoms with E-state index >= 15 is 0 Å². The molecular formula is C18H19NO3S2. The maximum absolute atomic E-state index is 12.5. The van der Waals surface area contributed by atoms with Gasteiger partial charge in [-0.2, -0.15) is 11.8 Å². The van der Waals surface area contributed by atoms with Crippen LogP contribution in [-0.2, 0) is 9.59 Å². The number of fused-ring (bicyclic) bond motifs is 1. The van der Waals surface area contributed by atoms with Gasteiger partial charge in [-0.15, -0.1) is 11.8 Å². The van der Waals surface area contributed by atoms with E-state index < -0.39 is 5.97 Å². The van der Waals surface area contributed by atoms with Crippen molar-refractivity contribution >= 4 is 46.2 Å². The van der Waals surface area contributed by atoms with Gasteiger partial charge in [0.1, 0.15) is 0 Å². The first kappa shape index (κ1) is 17.2. The number of thioether (sulfide) groups is 2. The van der Waals surface area contributed by atoms with Crippen molar-refractivity contribution < 1.29 is 14.7 Å². The number of benzene rings is 2. The summed E-state index contributed by atoms with van der Waals surface area (Å²) in [6.45, 7) is 0.639. The third-order valence-electron chi connectivity index (χ3n) is 4.04. The van der Waals surface area contributed by atoms with Crippen LogP contribution in [0.15, 0.2) is 47.4 Å². The second-order valence-electron chi connectivity index (χ2n) is 5.71. The van der Waals surface area contributed by atoms with Gasteiger partial charge in [0.05, 0.1) is 18.2 Å². The zero-order valence-electron chi connectivity index (χ0n) is 13.2. The predicted molar refractivity (Wildman–Crippen MR) is 99.8 cm³/mol. The smallest absolute Gasteiger partial charge is 0.305 e. The molecule has 0 aromatic heterocycles. The normalized spacial score (nSPS) is 17.8. The molecule has 1 atom stereocenters. The molecule has 24 heavy (non-hydrogen) atoms. The third-order valence-corrected chi connectivity index (χ3v) is 6.11. The van der Waals surface area contributed by atoms with Crippen LogP contribution in [0.1, 0.15) is 6.42 Å². The maximum Gasteiger partial charge on any atom is 0.305 e. The van der Waals surface area contributed by atoms with Crippen molar-refractivity contribution in [2.75, 3.05) is 23.8 Å². The highest BCUT2D eigenvalue weighted by molar-refractivity contribution is 8.00. The Balaban J connectivity index is 1.63. The fourth-order valence-electron chi connectivity index (χ4n) is 2.84. The molecule has 2 aromatic rings. The average molecular weight is 361 g/mol. The Morgan fingerprint density at radius 3 is 2.79 bits per heavy atom. The van der Waals surface area contributed by atoms with Gasteiger partial charge in [0, 0.05) is 22.9 Å². The summed E-state index contributed by atoms with van der Waals surface area (Å²) in [7, 11) is 0. The van der Waals surface area contributed by atoms with Gasteiger partial charge < -0.3 is 10.0 Å². The van der Waals surface area contributed by atoms with Crippen LogP contribution < -0.4 is 0 Å². The minimum Gasteiger partial charge on any atom is -0.481 e. The van der Waals surface area contributed by atoms with E-state index in [1.54, 1.807) is 16.7 Å². The standard InChI is InChI=1S/C18H19NO3S2/c20-17(19-7-8-23-11-15(19)10-18(21)22)12-24-16-6-5-13-3-1-2-4-14(13)9-16/h1-6,9,15H,7-8,10-12H2,(H,21,22). The molecule has 1 heterocycles. The van der Waals surface area contributed by atoms with E-state index in [0.717, 1.165) is 16.0 Å². The molecule has 1 fully saturated rings. The Morgan fingerprint density at radius 1 is 1.21 bits per heavy atom. The van der Waals surface area contributed by atoms with Crippen molar-refractivity contribution in [1.82, 2.24) is 4.90 Å². The molecule has 1 N–H and O–H groups in total. The largest absolute Gasteiger partial charge is 0.481 e. The number of hydrogen-bond acceptors (Lipinski definition) is 4. The van der Waals surface area contributed by atoms with Crippen molar-refractivity contribution in [1.29, 1.82) is 0 Å².